The Bertz CT molecular complexity index is 457. The predicted molar refractivity (Wildman–Crippen MR) is 73.4 cm³/mol. The van der Waals surface area contributed by atoms with Gasteiger partial charge in [0.1, 0.15) is 5.02 Å². The largest absolute Gasteiger partial charge is 0.383 e. The van der Waals surface area contributed by atoms with Crippen molar-refractivity contribution in [3.05, 3.63) is 21.6 Å². The second-order valence-corrected chi connectivity index (χ2v) is 5.13. The molecule has 0 aliphatic carbocycles. The monoisotopic (exact) mass is 273 g/mol. The van der Waals surface area contributed by atoms with E-state index in [0.717, 1.165) is 6.42 Å². The average molecular weight is 274 g/mol. The van der Waals surface area contributed by atoms with Crippen molar-refractivity contribution in [2.24, 2.45) is 0 Å². The molecular formula is C12H20ClN3O2. The number of rotatable bonds is 6. The Morgan fingerprint density at radius 2 is 2.22 bits per heavy atom. The SMILES string of the molecule is CCC(C)(C)Nc1cnn(CCOC)c(=O)c1Cl. The number of anilines is 1. The Kier molecular flexibility index (Phi) is 5.16. The summed E-state index contributed by atoms with van der Waals surface area (Å²) >= 11 is 6.06. The first-order valence-corrected chi connectivity index (χ1v) is 6.32. The lowest BCUT2D eigenvalue weighted by molar-refractivity contribution is 0.182. The smallest absolute Gasteiger partial charge is 0.287 e. The molecule has 1 rings (SSSR count). The van der Waals surface area contributed by atoms with Crippen LogP contribution in [0.1, 0.15) is 27.2 Å². The zero-order valence-corrected chi connectivity index (χ0v) is 12.0. The van der Waals surface area contributed by atoms with E-state index in [0.29, 0.717) is 18.8 Å². The lowest BCUT2D eigenvalue weighted by Crippen LogP contribution is -2.32. The van der Waals surface area contributed by atoms with Crippen LogP contribution < -0.4 is 10.9 Å². The number of halogens is 1. The number of nitrogens with zero attached hydrogens (tertiary/aromatic N) is 2. The van der Waals surface area contributed by atoms with Gasteiger partial charge in [0, 0.05) is 12.6 Å². The summed E-state index contributed by atoms with van der Waals surface area (Å²) in [6, 6.07) is 0. The lowest BCUT2D eigenvalue weighted by atomic mass is 10.0. The van der Waals surface area contributed by atoms with Crippen LogP contribution >= 0.6 is 11.6 Å². The second-order valence-electron chi connectivity index (χ2n) is 4.76. The third kappa shape index (κ3) is 3.71. The highest BCUT2D eigenvalue weighted by atomic mass is 35.5. The first-order valence-electron chi connectivity index (χ1n) is 5.94. The fourth-order valence-electron chi connectivity index (χ4n) is 1.34. The van der Waals surface area contributed by atoms with Crippen molar-refractivity contribution in [2.75, 3.05) is 19.0 Å². The molecule has 0 amide bonds. The van der Waals surface area contributed by atoms with Gasteiger partial charge in [-0.15, -0.1) is 0 Å². The molecule has 0 aliphatic heterocycles. The third-order valence-electron chi connectivity index (χ3n) is 2.85. The normalized spacial score (nSPS) is 11.6. The molecule has 18 heavy (non-hydrogen) atoms. The summed E-state index contributed by atoms with van der Waals surface area (Å²) in [6.07, 6.45) is 2.49. The van der Waals surface area contributed by atoms with Gasteiger partial charge in [-0.25, -0.2) is 4.68 Å². The molecule has 0 aliphatic rings. The molecule has 102 valence electrons. The second kappa shape index (κ2) is 6.20. The maximum absolute atomic E-state index is 11.9. The van der Waals surface area contributed by atoms with Gasteiger partial charge in [-0.3, -0.25) is 4.79 Å². The minimum Gasteiger partial charge on any atom is -0.383 e. The van der Waals surface area contributed by atoms with E-state index in [1.807, 2.05) is 13.8 Å². The summed E-state index contributed by atoms with van der Waals surface area (Å²) in [6.45, 7) is 6.97. The van der Waals surface area contributed by atoms with Gasteiger partial charge >= 0.3 is 0 Å². The topological polar surface area (TPSA) is 56.1 Å². The van der Waals surface area contributed by atoms with Gasteiger partial charge in [-0.2, -0.15) is 5.10 Å². The summed E-state index contributed by atoms with van der Waals surface area (Å²) in [4.78, 5) is 11.9. The molecule has 0 radical (unpaired) electrons. The first-order chi connectivity index (χ1) is 8.41. The van der Waals surface area contributed by atoms with Gasteiger partial charge in [0.2, 0.25) is 0 Å². The molecule has 6 heteroatoms. The van der Waals surface area contributed by atoms with Crippen LogP contribution in [-0.4, -0.2) is 29.0 Å². The van der Waals surface area contributed by atoms with Crippen molar-refractivity contribution in [3.8, 4) is 0 Å². The number of hydrogen-bond donors (Lipinski definition) is 1. The molecule has 0 spiro atoms. The van der Waals surface area contributed by atoms with E-state index in [9.17, 15) is 4.79 Å². The van der Waals surface area contributed by atoms with Crippen LogP contribution in [0.15, 0.2) is 11.0 Å². The Morgan fingerprint density at radius 1 is 1.56 bits per heavy atom. The van der Waals surface area contributed by atoms with Gasteiger partial charge in [0.15, 0.2) is 0 Å². The van der Waals surface area contributed by atoms with Crippen LogP contribution in [0.25, 0.3) is 0 Å². The van der Waals surface area contributed by atoms with Crippen molar-refractivity contribution in [1.82, 2.24) is 9.78 Å². The zero-order chi connectivity index (χ0) is 13.8. The standard InChI is InChI=1S/C12H20ClN3O2/c1-5-12(2,3)15-9-8-14-16(6-7-18-4)11(17)10(9)13/h8,15H,5-7H2,1-4H3. The fourth-order valence-corrected chi connectivity index (χ4v) is 1.54. The molecule has 0 bridgehead atoms. The van der Waals surface area contributed by atoms with Gasteiger partial charge in [-0.1, -0.05) is 18.5 Å². The number of nitrogens with one attached hydrogen (secondary N) is 1. The van der Waals surface area contributed by atoms with E-state index in [1.54, 1.807) is 13.3 Å². The van der Waals surface area contributed by atoms with E-state index in [-0.39, 0.29) is 16.1 Å². The van der Waals surface area contributed by atoms with Gasteiger partial charge in [-0.05, 0) is 20.3 Å². The number of methoxy groups -OCH3 is 1. The van der Waals surface area contributed by atoms with Crippen LogP contribution in [0, 0.1) is 0 Å². The number of hydrogen-bond acceptors (Lipinski definition) is 4. The average Bonchev–Trinajstić information content (AvgIpc) is 2.34. The molecule has 5 nitrogen and oxygen atoms in total. The van der Waals surface area contributed by atoms with E-state index in [4.69, 9.17) is 16.3 Å². The van der Waals surface area contributed by atoms with Crippen LogP contribution in [0.2, 0.25) is 5.02 Å². The van der Waals surface area contributed by atoms with Crippen molar-refractivity contribution < 1.29 is 4.74 Å². The zero-order valence-electron chi connectivity index (χ0n) is 11.3. The first kappa shape index (κ1) is 15.0. The molecule has 0 fully saturated rings. The highest BCUT2D eigenvalue weighted by molar-refractivity contribution is 6.32. The summed E-state index contributed by atoms with van der Waals surface area (Å²) in [7, 11) is 1.58. The number of ether oxygens (including phenoxy) is 1. The minimum absolute atomic E-state index is 0.128. The molecule has 1 N–H and O–H groups in total. The Hall–Kier alpha value is -1.07. The highest BCUT2D eigenvalue weighted by Gasteiger charge is 2.18. The van der Waals surface area contributed by atoms with Crippen molar-refractivity contribution in [1.29, 1.82) is 0 Å². The molecule has 0 saturated heterocycles. The lowest BCUT2D eigenvalue weighted by Gasteiger charge is -2.26. The fraction of sp³-hybridized carbons (Fsp3) is 0.667. The molecule has 1 aromatic heterocycles. The molecule has 0 saturated carbocycles. The molecule has 0 unspecified atom stereocenters. The molecule has 1 aromatic rings. The van der Waals surface area contributed by atoms with Crippen molar-refractivity contribution >= 4 is 17.3 Å². The van der Waals surface area contributed by atoms with Crippen LogP contribution in [0.3, 0.4) is 0 Å². The maximum atomic E-state index is 11.9. The van der Waals surface area contributed by atoms with E-state index < -0.39 is 0 Å². The summed E-state index contributed by atoms with van der Waals surface area (Å²) in [5.74, 6) is 0. The van der Waals surface area contributed by atoms with Crippen LogP contribution in [-0.2, 0) is 11.3 Å². The third-order valence-corrected chi connectivity index (χ3v) is 3.21. The molecule has 1 heterocycles. The molecule has 0 atom stereocenters. The summed E-state index contributed by atoms with van der Waals surface area (Å²) in [5, 5.41) is 7.46. The van der Waals surface area contributed by atoms with Crippen molar-refractivity contribution in [3.63, 3.8) is 0 Å². The highest BCUT2D eigenvalue weighted by Crippen LogP contribution is 2.21. The Labute approximate surface area is 112 Å². The van der Waals surface area contributed by atoms with E-state index >= 15 is 0 Å². The molecular weight excluding hydrogens is 254 g/mol. The maximum Gasteiger partial charge on any atom is 0.287 e. The van der Waals surface area contributed by atoms with E-state index in [1.165, 1.54) is 4.68 Å². The molecule has 0 aromatic carbocycles. The predicted octanol–water partition coefficient (Wildman–Crippen LogP) is 2.14. The van der Waals surface area contributed by atoms with Crippen LogP contribution in [0.4, 0.5) is 5.69 Å². The van der Waals surface area contributed by atoms with E-state index in [2.05, 4.69) is 17.3 Å². The quantitative estimate of drug-likeness (QED) is 0.863. The van der Waals surface area contributed by atoms with Crippen molar-refractivity contribution in [2.45, 2.75) is 39.3 Å². The van der Waals surface area contributed by atoms with Gasteiger partial charge < -0.3 is 10.1 Å². The van der Waals surface area contributed by atoms with Gasteiger partial charge in [0.25, 0.3) is 5.56 Å². The number of aromatic nitrogens is 2. The van der Waals surface area contributed by atoms with Gasteiger partial charge in [0.05, 0.1) is 25.0 Å². The van der Waals surface area contributed by atoms with Crippen LogP contribution in [0.5, 0.6) is 0 Å². The summed E-state index contributed by atoms with van der Waals surface area (Å²) < 4.78 is 6.21. The Morgan fingerprint density at radius 3 is 2.78 bits per heavy atom. The minimum atomic E-state index is -0.300. The summed E-state index contributed by atoms with van der Waals surface area (Å²) in [5.41, 5.74) is 0.143. The Balaban J connectivity index is 2.98.